The van der Waals surface area contributed by atoms with Gasteiger partial charge in [0, 0.05) is 57.1 Å². The molecule has 6 heteroatoms. The lowest BCUT2D eigenvalue weighted by Gasteiger charge is -2.38. The number of carbonyl (C=O) groups is 3. The molecule has 1 unspecified atom stereocenters. The van der Waals surface area contributed by atoms with Gasteiger partial charge in [-0.15, -0.1) is 0 Å². The number of piperazine rings is 1. The molecule has 1 saturated heterocycles. The fourth-order valence-electron chi connectivity index (χ4n) is 5.61. The number of rotatable bonds is 4. The van der Waals surface area contributed by atoms with E-state index in [2.05, 4.69) is 13.8 Å². The van der Waals surface area contributed by atoms with Gasteiger partial charge in [0.15, 0.2) is 11.4 Å². The van der Waals surface area contributed by atoms with Gasteiger partial charge in [-0.25, -0.2) is 0 Å². The molecule has 0 spiro atoms. The summed E-state index contributed by atoms with van der Waals surface area (Å²) in [7, 11) is 0. The smallest absolute Gasteiger partial charge is 0.266 e. The van der Waals surface area contributed by atoms with E-state index in [0.29, 0.717) is 56.8 Å². The summed E-state index contributed by atoms with van der Waals surface area (Å²) in [5, 5.41) is 0. The molecule has 2 aromatic rings. The topological polar surface area (TPSA) is 66.9 Å². The largest absolute Gasteiger partial charge is 0.481 e. The molecule has 37 heavy (non-hydrogen) atoms. The molecule has 3 aliphatic rings. The highest BCUT2D eigenvalue weighted by atomic mass is 16.5. The Hall–Kier alpha value is -3.67. The number of hydrogen-bond acceptors (Lipinski definition) is 4. The SMILES string of the molecule is CC1(C)CC(=O)C2=C(C1)OC(C)(C(=O)N1CCN(C(=O)C=C(c3ccccc3)c3ccccc3)CC1)C2. The van der Waals surface area contributed by atoms with Crippen molar-refractivity contribution in [2.75, 3.05) is 26.2 Å². The summed E-state index contributed by atoms with van der Waals surface area (Å²) in [5.41, 5.74) is 2.32. The number of carbonyl (C=O) groups excluding carboxylic acids is 3. The fourth-order valence-corrected chi connectivity index (χ4v) is 5.61. The van der Waals surface area contributed by atoms with Gasteiger partial charge in [-0.2, -0.15) is 0 Å². The molecule has 192 valence electrons. The number of Topliss-reactive ketones (excluding diaryl/α,β-unsaturated/α-hetero) is 1. The highest BCUT2D eigenvalue weighted by Crippen LogP contribution is 2.46. The first-order valence-electron chi connectivity index (χ1n) is 13.0. The van der Waals surface area contributed by atoms with Crippen LogP contribution in [0.1, 0.15) is 51.2 Å². The lowest BCUT2D eigenvalue weighted by Crippen LogP contribution is -2.55. The first-order chi connectivity index (χ1) is 17.7. The molecule has 0 saturated carbocycles. The van der Waals surface area contributed by atoms with Gasteiger partial charge < -0.3 is 14.5 Å². The van der Waals surface area contributed by atoms with Crippen LogP contribution in [0, 0.1) is 5.41 Å². The van der Waals surface area contributed by atoms with E-state index in [4.69, 9.17) is 4.74 Å². The quantitative estimate of drug-likeness (QED) is 0.578. The highest BCUT2D eigenvalue weighted by Gasteiger charge is 2.50. The molecule has 0 bridgehead atoms. The Morgan fingerprint density at radius 1 is 0.784 bits per heavy atom. The van der Waals surface area contributed by atoms with Crippen LogP contribution >= 0.6 is 0 Å². The molecule has 0 radical (unpaired) electrons. The van der Waals surface area contributed by atoms with E-state index in [1.54, 1.807) is 22.8 Å². The highest BCUT2D eigenvalue weighted by molar-refractivity contribution is 6.01. The summed E-state index contributed by atoms with van der Waals surface area (Å²) in [6.07, 6.45) is 3.20. The molecular weight excluding hydrogens is 464 g/mol. The van der Waals surface area contributed by atoms with Gasteiger partial charge >= 0.3 is 0 Å². The Balaban J connectivity index is 1.26. The molecule has 1 atom stereocenters. The Morgan fingerprint density at radius 2 is 1.32 bits per heavy atom. The fraction of sp³-hybridized carbons (Fsp3) is 0.387. The van der Waals surface area contributed by atoms with Crippen molar-refractivity contribution in [1.29, 1.82) is 0 Å². The summed E-state index contributed by atoms with van der Waals surface area (Å²) in [6.45, 7) is 7.68. The molecule has 2 aromatic carbocycles. The lowest BCUT2D eigenvalue weighted by molar-refractivity contribution is -0.153. The standard InChI is InChI=1S/C31H34N2O4/c1-30(2)20-26(34)25-19-31(3,37-27(25)21-30)29(36)33-16-14-32(15-17-33)28(35)18-24(22-10-6-4-7-11-22)23-12-8-5-9-13-23/h4-13,18H,14-17,19-21H2,1-3H3. The van der Waals surface area contributed by atoms with E-state index in [1.165, 1.54) is 0 Å². The maximum atomic E-state index is 13.5. The molecule has 2 heterocycles. The average molecular weight is 499 g/mol. The summed E-state index contributed by atoms with van der Waals surface area (Å²) in [5.74, 6) is 0.607. The molecular formula is C31H34N2O4. The molecule has 2 aliphatic heterocycles. The number of nitrogens with zero attached hydrogens (tertiary/aromatic N) is 2. The number of ketones is 1. The van der Waals surface area contributed by atoms with Crippen LogP contribution in [-0.4, -0.2) is 59.2 Å². The van der Waals surface area contributed by atoms with Crippen molar-refractivity contribution in [3.8, 4) is 0 Å². The minimum Gasteiger partial charge on any atom is -0.481 e. The summed E-state index contributed by atoms with van der Waals surface area (Å²) < 4.78 is 6.18. The van der Waals surface area contributed by atoms with Crippen molar-refractivity contribution in [3.63, 3.8) is 0 Å². The van der Waals surface area contributed by atoms with Gasteiger partial charge in [0.05, 0.1) is 0 Å². The lowest BCUT2D eigenvalue weighted by atomic mass is 9.76. The van der Waals surface area contributed by atoms with E-state index >= 15 is 0 Å². The summed E-state index contributed by atoms with van der Waals surface area (Å²) >= 11 is 0. The maximum absolute atomic E-state index is 13.5. The van der Waals surface area contributed by atoms with Crippen molar-refractivity contribution in [3.05, 3.63) is 89.2 Å². The van der Waals surface area contributed by atoms with Gasteiger partial charge in [-0.05, 0) is 29.0 Å². The number of amides is 2. The molecule has 6 nitrogen and oxygen atoms in total. The number of allylic oxidation sites excluding steroid dienone is 1. The van der Waals surface area contributed by atoms with Crippen molar-refractivity contribution in [2.45, 2.75) is 45.6 Å². The number of hydrogen-bond donors (Lipinski definition) is 0. The van der Waals surface area contributed by atoms with Crippen LogP contribution in [-0.2, 0) is 19.1 Å². The minimum atomic E-state index is -1.05. The summed E-state index contributed by atoms with van der Waals surface area (Å²) in [4.78, 5) is 43.0. The molecule has 0 aromatic heterocycles. The Bertz CT molecular complexity index is 1230. The monoisotopic (exact) mass is 498 g/mol. The van der Waals surface area contributed by atoms with E-state index < -0.39 is 5.60 Å². The molecule has 5 rings (SSSR count). The summed E-state index contributed by atoms with van der Waals surface area (Å²) in [6, 6.07) is 19.8. The number of benzene rings is 2. The van der Waals surface area contributed by atoms with Crippen LogP contribution < -0.4 is 0 Å². The third-order valence-electron chi connectivity index (χ3n) is 7.58. The van der Waals surface area contributed by atoms with Crippen molar-refractivity contribution < 1.29 is 19.1 Å². The van der Waals surface area contributed by atoms with E-state index in [-0.39, 0.29) is 23.0 Å². The second-order valence-electron chi connectivity index (χ2n) is 11.3. The average Bonchev–Trinajstić information content (AvgIpc) is 3.24. The zero-order valence-electron chi connectivity index (χ0n) is 21.8. The van der Waals surface area contributed by atoms with E-state index in [1.807, 2.05) is 60.7 Å². The molecule has 1 aliphatic carbocycles. The second kappa shape index (κ2) is 9.66. The second-order valence-corrected chi connectivity index (χ2v) is 11.3. The molecule has 1 fully saturated rings. The normalized spacial score (nSPS) is 22.8. The number of ether oxygens (including phenoxy) is 1. The maximum Gasteiger partial charge on any atom is 0.266 e. The van der Waals surface area contributed by atoms with E-state index in [0.717, 1.165) is 16.7 Å². The Kier molecular flexibility index (Phi) is 6.52. The Morgan fingerprint density at radius 3 is 1.89 bits per heavy atom. The van der Waals surface area contributed by atoms with Crippen LogP contribution in [0.4, 0.5) is 0 Å². The Labute approximate surface area is 218 Å². The van der Waals surface area contributed by atoms with Crippen LogP contribution in [0.15, 0.2) is 78.1 Å². The van der Waals surface area contributed by atoms with E-state index in [9.17, 15) is 14.4 Å². The van der Waals surface area contributed by atoms with Crippen molar-refractivity contribution >= 4 is 23.2 Å². The predicted molar refractivity (Wildman–Crippen MR) is 142 cm³/mol. The molecule has 2 amide bonds. The van der Waals surface area contributed by atoms with Gasteiger partial charge in [-0.1, -0.05) is 74.5 Å². The van der Waals surface area contributed by atoms with Crippen LogP contribution in [0.2, 0.25) is 0 Å². The van der Waals surface area contributed by atoms with Crippen molar-refractivity contribution in [2.24, 2.45) is 5.41 Å². The molecule has 0 N–H and O–H groups in total. The van der Waals surface area contributed by atoms with Gasteiger partial charge in [-0.3, -0.25) is 14.4 Å². The van der Waals surface area contributed by atoms with Gasteiger partial charge in [0.1, 0.15) is 5.76 Å². The van der Waals surface area contributed by atoms with Crippen LogP contribution in [0.5, 0.6) is 0 Å². The first-order valence-corrected chi connectivity index (χ1v) is 13.0. The van der Waals surface area contributed by atoms with Crippen LogP contribution in [0.25, 0.3) is 5.57 Å². The first kappa shape index (κ1) is 25.0. The zero-order chi connectivity index (χ0) is 26.2. The van der Waals surface area contributed by atoms with Gasteiger partial charge in [0.2, 0.25) is 5.91 Å². The minimum absolute atomic E-state index is 0.0666. The predicted octanol–water partition coefficient (Wildman–Crippen LogP) is 4.61. The van der Waals surface area contributed by atoms with Gasteiger partial charge in [0.25, 0.3) is 5.91 Å². The van der Waals surface area contributed by atoms with Crippen molar-refractivity contribution in [1.82, 2.24) is 9.80 Å². The third-order valence-corrected chi connectivity index (χ3v) is 7.58. The zero-order valence-corrected chi connectivity index (χ0v) is 21.8. The third kappa shape index (κ3) is 5.10. The van der Waals surface area contributed by atoms with Crippen LogP contribution in [0.3, 0.4) is 0 Å².